The summed E-state index contributed by atoms with van der Waals surface area (Å²) in [7, 11) is 1.01. The number of halogens is 3. The van der Waals surface area contributed by atoms with E-state index in [2.05, 4.69) is 15.7 Å². The highest BCUT2D eigenvalue weighted by molar-refractivity contribution is 5.74. The Morgan fingerprint density at radius 3 is 2.52 bits per heavy atom. The third-order valence-electron chi connectivity index (χ3n) is 3.84. The van der Waals surface area contributed by atoms with Gasteiger partial charge in [0.25, 0.3) is 0 Å². The number of carbonyl (C=O) groups is 1. The molecule has 0 aromatic carbocycles. The molecule has 0 saturated heterocycles. The molecule has 1 heterocycles. The number of urea groups is 1. The van der Waals surface area contributed by atoms with Gasteiger partial charge in [0.1, 0.15) is 0 Å². The third kappa shape index (κ3) is 4.49. The van der Waals surface area contributed by atoms with E-state index in [-0.39, 0.29) is 25.2 Å². The van der Waals surface area contributed by atoms with E-state index in [1.165, 1.54) is 6.42 Å². The van der Waals surface area contributed by atoms with E-state index in [1.54, 1.807) is 0 Å². The van der Waals surface area contributed by atoms with Crippen LogP contribution in [0.4, 0.5) is 18.0 Å². The predicted octanol–water partition coefficient (Wildman–Crippen LogP) is 1.23. The maximum Gasteiger partial charge on any atom is 0.451 e. The highest BCUT2D eigenvalue weighted by Crippen LogP contribution is 2.25. The van der Waals surface area contributed by atoms with E-state index >= 15 is 0 Å². The largest absolute Gasteiger partial charge is 0.451 e. The van der Waals surface area contributed by atoms with Crippen molar-refractivity contribution in [3.05, 3.63) is 16.3 Å². The number of nitrogens with zero attached hydrogens (tertiary/aromatic N) is 3. The van der Waals surface area contributed by atoms with Crippen molar-refractivity contribution in [2.24, 2.45) is 7.05 Å². The molecule has 10 heteroatoms. The van der Waals surface area contributed by atoms with E-state index in [4.69, 9.17) is 0 Å². The molecule has 130 valence electrons. The van der Waals surface area contributed by atoms with E-state index in [0.29, 0.717) is 9.25 Å². The second kappa shape index (κ2) is 7.05. The van der Waals surface area contributed by atoms with Gasteiger partial charge < -0.3 is 10.6 Å². The molecule has 0 atom stereocenters. The van der Waals surface area contributed by atoms with E-state index < -0.39 is 17.7 Å². The molecule has 7 nitrogen and oxygen atoms in total. The Labute approximate surface area is 130 Å². The van der Waals surface area contributed by atoms with Gasteiger partial charge in [0, 0.05) is 19.6 Å². The van der Waals surface area contributed by atoms with Crippen LogP contribution < -0.4 is 16.3 Å². The van der Waals surface area contributed by atoms with Gasteiger partial charge >= 0.3 is 17.9 Å². The van der Waals surface area contributed by atoms with Crippen LogP contribution in [0.5, 0.6) is 0 Å². The molecule has 2 amide bonds. The molecule has 1 fully saturated rings. The molecule has 0 unspecified atom stereocenters. The monoisotopic (exact) mass is 335 g/mol. The quantitative estimate of drug-likeness (QED) is 0.868. The summed E-state index contributed by atoms with van der Waals surface area (Å²) >= 11 is 0. The zero-order valence-electron chi connectivity index (χ0n) is 12.8. The number of carbonyl (C=O) groups excluding carboxylic acids is 1. The van der Waals surface area contributed by atoms with Crippen molar-refractivity contribution in [3.8, 4) is 0 Å². The maximum absolute atomic E-state index is 12.6. The van der Waals surface area contributed by atoms with Gasteiger partial charge in [-0.3, -0.25) is 4.57 Å². The summed E-state index contributed by atoms with van der Waals surface area (Å²) in [5, 5.41) is 8.61. The Kier molecular flexibility index (Phi) is 5.32. The minimum Gasteiger partial charge on any atom is -0.336 e. The van der Waals surface area contributed by atoms with Gasteiger partial charge in [-0.05, 0) is 12.8 Å². The van der Waals surface area contributed by atoms with Crippen LogP contribution in [-0.4, -0.2) is 33.0 Å². The highest BCUT2D eigenvalue weighted by atomic mass is 19.4. The van der Waals surface area contributed by atoms with Gasteiger partial charge in [-0.15, -0.1) is 5.10 Å². The van der Waals surface area contributed by atoms with Gasteiger partial charge in [-0.1, -0.05) is 19.3 Å². The first kappa shape index (κ1) is 17.4. The SMILES string of the molecule is Cn1c(C(F)(F)F)nn(CCNC(=O)NC2CCCCC2)c1=O. The summed E-state index contributed by atoms with van der Waals surface area (Å²) in [5.41, 5.74) is -0.869. The fraction of sp³-hybridized carbons (Fsp3) is 0.769. The molecule has 0 aliphatic heterocycles. The van der Waals surface area contributed by atoms with Crippen molar-refractivity contribution in [2.45, 2.75) is 50.9 Å². The van der Waals surface area contributed by atoms with Gasteiger partial charge in [-0.25, -0.2) is 14.3 Å². The van der Waals surface area contributed by atoms with Crippen molar-refractivity contribution in [2.75, 3.05) is 6.54 Å². The minimum absolute atomic E-state index is 0.0206. The Morgan fingerprint density at radius 1 is 1.30 bits per heavy atom. The molecule has 1 saturated carbocycles. The van der Waals surface area contributed by atoms with Crippen molar-refractivity contribution in [1.29, 1.82) is 0 Å². The zero-order chi connectivity index (χ0) is 17.0. The fourth-order valence-electron chi connectivity index (χ4n) is 2.64. The second-order valence-corrected chi connectivity index (χ2v) is 5.62. The molecule has 23 heavy (non-hydrogen) atoms. The number of rotatable bonds is 4. The number of amides is 2. The highest BCUT2D eigenvalue weighted by Gasteiger charge is 2.37. The second-order valence-electron chi connectivity index (χ2n) is 5.62. The molecule has 1 aromatic heterocycles. The van der Waals surface area contributed by atoms with Crippen LogP contribution >= 0.6 is 0 Å². The number of nitrogens with one attached hydrogen (secondary N) is 2. The first-order chi connectivity index (χ1) is 10.8. The standard InChI is InChI=1S/C13H20F3N5O2/c1-20-10(13(14,15)16)19-21(12(20)23)8-7-17-11(22)18-9-5-3-2-4-6-9/h9H,2-8H2,1H3,(H2,17,18,22). The molecular weight excluding hydrogens is 315 g/mol. The molecule has 2 N–H and O–H groups in total. The lowest BCUT2D eigenvalue weighted by molar-refractivity contribution is -0.147. The van der Waals surface area contributed by atoms with Gasteiger partial charge in [0.15, 0.2) is 0 Å². The van der Waals surface area contributed by atoms with Gasteiger partial charge in [0.2, 0.25) is 5.82 Å². The third-order valence-corrected chi connectivity index (χ3v) is 3.84. The Balaban J connectivity index is 1.84. The van der Waals surface area contributed by atoms with E-state index in [0.717, 1.165) is 32.7 Å². The summed E-state index contributed by atoms with van der Waals surface area (Å²) in [4.78, 5) is 23.4. The lowest BCUT2D eigenvalue weighted by Crippen LogP contribution is -2.44. The molecule has 0 spiro atoms. The Morgan fingerprint density at radius 2 is 1.96 bits per heavy atom. The smallest absolute Gasteiger partial charge is 0.336 e. The van der Waals surface area contributed by atoms with E-state index in [9.17, 15) is 22.8 Å². The lowest BCUT2D eigenvalue weighted by atomic mass is 9.96. The van der Waals surface area contributed by atoms with Crippen molar-refractivity contribution >= 4 is 6.03 Å². The topological polar surface area (TPSA) is 81.0 Å². The summed E-state index contributed by atoms with van der Waals surface area (Å²) < 4.78 is 39.1. The molecule has 2 rings (SSSR count). The summed E-state index contributed by atoms with van der Waals surface area (Å²) in [5.74, 6) is -1.26. The maximum atomic E-state index is 12.6. The summed E-state index contributed by atoms with van der Waals surface area (Å²) in [6, 6.07) is -0.241. The van der Waals surface area contributed by atoms with Crippen LogP contribution in [0.1, 0.15) is 37.9 Å². The predicted molar refractivity (Wildman–Crippen MR) is 75.9 cm³/mol. The molecule has 0 radical (unpaired) electrons. The molecule has 1 aliphatic carbocycles. The first-order valence-electron chi connectivity index (χ1n) is 7.54. The first-order valence-corrected chi connectivity index (χ1v) is 7.54. The average molecular weight is 335 g/mol. The molecule has 1 aliphatic rings. The number of hydrogen-bond donors (Lipinski definition) is 2. The lowest BCUT2D eigenvalue weighted by Gasteiger charge is -2.22. The van der Waals surface area contributed by atoms with Crippen LogP contribution in [0.2, 0.25) is 0 Å². The van der Waals surface area contributed by atoms with Crippen LogP contribution in [0.15, 0.2) is 4.79 Å². The summed E-state index contributed by atoms with van der Waals surface area (Å²) in [6.45, 7) is -0.104. The molecule has 0 bridgehead atoms. The Bertz CT molecular complexity index is 602. The summed E-state index contributed by atoms with van der Waals surface area (Å²) in [6.07, 6.45) is 0.502. The van der Waals surface area contributed by atoms with Crippen molar-refractivity contribution in [3.63, 3.8) is 0 Å². The minimum atomic E-state index is -4.69. The number of aromatic nitrogens is 3. The molecular formula is C13H20F3N5O2. The van der Waals surface area contributed by atoms with Crippen molar-refractivity contribution < 1.29 is 18.0 Å². The average Bonchev–Trinajstić information content (AvgIpc) is 2.76. The van der Waals surface area contributed by atoms with Crippen molar-refractivity contribution in [1.82, 2.24) is 25.0 Å². The number of alkyl halides is 3. The number of hydrogen-bond acceptors (Lipinski definition) is 3. The molecule has 1 aromatic rings. The van der Waals surface area contributed by atoms with E-state index in [1.807, 2.05) is 0 Å². The van der Waals surface area contributed by atoms with Crippen LogP contribution in [-0.2, 0) is 19.8 Å². The Hall–Kier alpha value is -2.00. The normalized spacial score (nSPS) is 16.3. The van der Waals surface area contributed by atoms with Gasteiger partial charge in [0.05, 0.1) is 6.54 Å². The van der Waals surface area contributed by atoms with Crippen LogP contribution in [0.3, 0.4) is 0 Å². The zero-order valence-corrected chi connectivity index (χ0v) is 12.8. The fourth-order valence-corrected chi connectivity index (χ4v) is 2.64. The van der Waals surface area contributed by atoms with Crippen LogP contribution in [0, 0.1) is 0 Å². The van der Waals surface area contributed by atoms with Gasteiger partial charge in [-0.2, -0.15) is 13.2 Å². The van der Waals surface area contributed by atoms with Crippen LogP contribution in [0.25, 0.3) is 0 Å².